The molecule has 0 aromatic carbocycles. The molecule has 68 valence electrons. The van der Waals surface area contributed by atoms with Gasteiger partial charge in [0.15, 0.2) is 6.29 Å². The third-order valence-corrected chi connectivity index (χ3v) is 2.17. The van der Waals surface area contributed by atoms with E-state index in [1.54, 1.807) is 25.3 Å². The number of aryl methyl sites for hydroxylation is 1. The Morgan fingerprint density at radius 1 is 1.54 bits per heavy atom. The van der Waals surface area contributed by atoms with Crippen LogP contribution in [0.2, 0.25) is 0 Å². The van der Waals surface area contributed by atoms with E-state index in [1.165, 1.54) is 0 Å². The van der Waals surface area contributed by atoms with Crippen molar-refractivity contribution < 1.29 is 9.59 Å². The van der Waals surface area contributed by atoms with Gasteiger partial charge in [0, 0.05) is 5.69 Å². The van der Waals surface area contributed by atoms with Gasteiger partial charge in [-0.25, -0.2) is 4.98 Å². The number of hydrogen-bond donors (Lipinski definition) is 0. The van der Waals surface area contributed by atoms with E-state index in [-0.39, 0.29) is 10.8 Å². The smallest absolute Gasteiger partial charge is 0.221 e. The molecule has 4 heteroatoms. The second-order valence-electron chi connectivity index (χ2n) is 2.49. The molecule has 0 bridgehead atoms. The molecule has 1 heterocycles. The van der Waals surface area contributed by atoms with E-state index in [2.05, 4.69) is 4.98 Å². The summed E-state index contributed by atoms with van der Waals surface area (Å²) >= 11 is 1.08. The van der Waals surface area contributed by atoms with Crippen molar-refractivity contribution in [2.24, 2.45) is 0 Å². The fourth-order valence-corrected chi connectivity index (χ4v) is 1.34. The zero-order chi connectivity index (χ0) is 9.84. The molecule has 0 unspecified atom stereocenters. The lowest BCUT2D eigenvalue weighted by molar-refractivity contribution is 0.107. The minimum atomic E-state index is -0.130. The first kappa shape index (κ1) is 9.92. The molecule has 0 saturated heterocycles. The minimum Gasteiger partial charge on any atom is -0.296 e. The molecule has 0 spiro atoms. The van der Waals surface area contributed by atoms with Crippen molar-refractivity contribution >= 4 is 23.2 Å². The van der Waals surface area contributed by atoms with Gasteiger partial charge < -0.3 is 0 Å². The summed E-state index contributed by atoms with van der Waals surface area (Å²) in [5.74, 6) is 0. The summed E-state index contributed by atoms with van der Waals surface area (Å²) in [6.07, 6.45) is 2.28. The molecule has 0 aliphatic rings. The monoisotopic (exact) mass is 195 g/mol. The molecule has 0 amide bonds. The number of aldehydes is 1. The fourth-order valence-electron chi connectivity index (χ4n) is 0.949. The molecule has 0 N–H and O–H groups in total. The van der Waals surface area contributed by atoms with Gasteiger partial charge in [-0.1, -0.05) is 11.8 Å². The van der Waals surface area contributed by atoms with Gasteiger partial charge in [0.25, 0.3) is 0 Å². The average molecular weight is 195 g/mol. The molecule has 3 nitrogen and oxygen atoms in total. The zero-order valence-electron chi connectivity index (χ0n) is 7.40. The van der Waals surface area contributed by atoms with Crippen molar-refractivity contribution in [3.05, 3.63) is 29.1 Å². The Morgan fingerprint density at radius 2 is 2.23 bits per heavy atom. The molecular formula is C9H9NO2S. The van der Waals surface area contributed by atoms with Gasteiger partial charge in [-0.2, -0.15) is 0 Å². The van der Waals surface area contributed by atoms with Crippen molar-refractivity contribution in [1.82, 2.24) is 4.98 Å². The summed E-state index contributed by atoms with van der Waals surface area (Å²) in [5.41, 5.74) is 1.34. The number of carbonyl (C=O) groups is 2. The van der Waals surface area contributed by atoms with E-state index in [0.29, 0.717) is 11.8 Å². The van der Waals surface area contributed by atoms with Gasteiger partial charge in [-0.3, -0.25) is 9.59 Å². The first-order valence-electron chi connectivity index (χ1n) is 3.70. The molecule has 1 aromatic rings. The van der Waals surface area contributed by atoms with Crippen LogP contribution in [0.4, 0.5) is 0 Å². The van der Waals surface area contributed by atoms with Gasteiger partial charge in [-0.05, 0) is 25.3 Å². The number of hydrogen-bond acceptors (Lipinski definition) is 4. The molecule has 0 saturated carbocycles. The summed E-state index contributed by atoms with van der Waals surface area (Å²) in [6, 6.07) is 3.35. The maximum Gasteiger partial charge on any atom is 0.221 e. The maximum atomic E-state index is 11.3. The first-order chi connectivity index (χ1) is 6.19. The van der Waals surface area contributed by atoms with Crippen LogP contribution in [0.5, 0.6) is 0 Å². The Kier molecular flexibility index (Phi) is 3.19. The largest absolute Gasteiger partial charge is 0.296 e. The van der Waals surface area contributed by atoms with Crippen LogP contribution in [-0.4, -0.2) is 22.6 Å². The number of pyridine rings is 1. The highest BCUT2D eigenvalue weighted by atomic mass is 32.2. The van der Waals surface area contributed by atoms with Gasteiger partial charge in [-0.15, -0.1) is 0 Å². The SMILES string of the molecule is CSC(=O)c1ccc(C)nc1C=O. The molecule has 13 heavy (non-hydrogen) atoms. The lowest BCUT2D eigenvalue weighted by Gasteiger charge is -2.00. The predicted molar refractivity (Wildman–Crippen MR) is 52.2 cm³/mol. The first-order valence-corrected chi connectivity index (χ1v) is 4.92. The van der Waals surface area contributed by atoms with E-state index in [4.69, 9.17) is 0 Å². The van der Waals surface area contributed by atoms with Crippen LogP contribution in [0.3, 0.4) is 0 Å². The number of rotatable bonds is 2. The molecule has 0 radical (unpaired) electrons. The van der Waals surface area contributed by atoms with Crippen molar-refractivity contribution in [1.29, 1.82) is 0 Å². The van der Waals surface area contributed by atoms with Crippen molar-refractivity contribution in [2.45, 2.75) is 6.92 Å². The molecular weight excluding hydrogens is 186 g/mol. The highest BCUT2D eigenvalue weighted by Crippen LogP contribution is 2.12. The van der Waals surface area contributed by atoms with E-state index >= 15 is 0 Å². The molecule has 0 atom stereocenters. The third-order valence-electron chi connectivity index (χ3n) is 1.58. The molecule has 0 aliphatic carbocycles. The lowest BCUT2D eigenvalue weighted by atomic mass is 10.2. The number of carbonyl (C=O) groups excluding carboxylic acids is 2. The standard InChI is InChI=1S/C9H9NO2S/c1-6-3-4-7(9(12)13-2)8(5-11)10-6/h3-5H,1-2H3. The Balaban J connectivity index is 3.20. The van der Waals surface area contributed by atoms with E-state index < -0.39 is 0 Å². The molecule has 0 aliphatic heterocycles. The topological polar surface area (TPSA) is 47.0 Å². The van der Waals surface area contributed by atoms with Crippen LogP contribution in [0.25, 0.3) is 0 Å². The van der Waals surface area contributed by atoms with Crippen LogP contribution >= 0.6 is 11.8 Å². The van der Waals surface area contributed by atoms with Gasteiger partial charge in [0.2, 0.25) is 5.12 Å². The maximum absolute atomic E-state index is 11.3. The highest BCUT2D eigenvalue weighted by molar-refractivity contribution is 8.13. The number of nitrogens with zero attached hydrogens (tertiary/aromatic N) is 1. The van der Waals surface area contributed by atoms with Crippen LogP contribution in [0, 0.1) is 6.92 Å². The van der Waals surface area contributed by atoms with Crippen molar-refractivity contribution in [2.75, 3.05) is 6.26 Å². The van der Waals surface area contributed by atoms with Crippen molar-refractivity contribution in [3.8, 4) is 0 Å². The van der Waals surface area contributed by atoms with Gasteiger partial charge in [0.05, 0.1) is 5.56 Å². The quantitative estimate of drug-likeness (QED) is 0.674. The summed E-state index contributed by atoms with van der Waals surface area (Å²) in [7, 11) is 0. The summed E-state index contributed by atoms with van der Waals surface area (Å²) < 4.78 is 0. The number of thioether (sulfide) groups is 1. The van der Waals surface area contributed by atoms with Gasteiger partial charge >= 0.3 is 0 Å². The van der Waals surface area contributed by atoms with Gasteiger partial charge in [0.1, 0.15) is 5.69 Å². The second-order valence-corrected chi connectivity index (χ2v) is 3.27. The lowest BCUT2D eigenvalue weighted by Crippen LogP contribution is -2.02. The number of aromatic nitrogens is 1. The Labute approximate surface area is 80.6 Å². The van der Waals surface area contributed by atoms with Crippen LogP contribution in [0.15, 0.2) is 12.1 Å². The van der Waals surface area contributed by atoms with E-state index in [1.807, 2.05) is 0 Å². The molecule has 1 aromatic heterocycles. The third kappa shape index (κ3) is 2.15. The summed E-state index contributed by atoms with van der Waals surface area (Å²) in [6.45, 7) is 1.78. The molecule has 1 rings (SSSR count). The fraction of sp³-hybridized carbons (Fsp3) is 0.222. The van der Waals surface area contributed by atoms with Crippen LogP contribution in [0.1, 0.15) is 26.5 Å². The Morgan fingerprint density at radius 3 is 2.77 bits per heavy atom. The van der Waals surface area contributed by atoms with E-state index in [0.717, 1.165) is 17.5 Å². The van der Waals surface area contributed by atoms with Crippen LogP contribution < -0.4 is 0 Å². The predicted octanol–water partition coefficient (Wildman–Crippen LogP) is 1.71. The zero-order valence-corrected chi connectivity index (χ0v) is 8.22. The highest BCUT2D eigenvalue weighted by Gasteiger charge is 2.10. The van der Waals surface area contributed by atoms with Crippen molar-refractivity contribution in [3.63, 3.8) is 0 Å². The normalized spacial score (nSPS) is 9.69. The van der Waals surface area contributed by atoms with E-state index in [9.17, 15) is 9.59 Å². The average Bonchev–Trinajstić information content (AvgIpc) is 2.16. The van der Waals surface area contributed by atoms with Crippen LogP contribution in [-0.2, 0) is 0 Å². The molecule has 0 fully saturated rings. The second kappa shape index (κ2) is 4.18. The Hall–Kier alpha value is -1.16. The summed E-state index contributed by atoms with van der Waals surface area (Å²) in [5, 5.41) is -0.130. The Bertz CT molecular complexity index is 349. The minimum absolute atomic E-state index is 0.130. The summed E-state index contributed by atoms with van der Waals surface area (Å²) in [4.78, 5) is 25.8.